The van der Waals surface area contributed by atoms with Gasteiger partial charge in [-0.3, -0.25) is 0 Å². The predicted molar refractivity (Wildman–Crippen MR) is 57.1 cm³/mol. The normalized spacial score (nSPS) is 13.5. The Labute approximate surface area is 78.8 Å². The fourth-order valence-electron chi connectivity index (χ4n) is 1.30. The minimum Gasteiger partial charge on any atom is -0.0654 e. The second kappa shape index (κ2) is 4.30. The van der Waals surface area contributed by atoms with E-state index >= 15 is 0 Å². The van der Waals surface area contributed by atoms with Crippen molar-refractivity contribution in [3.8, 4) is 0 Å². The first-order chi connectivity index (χ1) is 5.37. The molecule has 0 atom stereocenters. The molecule has 0 spiro atoms. The standard InChI is InChI=1S/C12H25/c1-7-9-10-12(5,6)11(3,4)8-2/h2,7-10H2,1,3-6H3. The third kappa shape index (κ3) is 2.80. The summed E-state index contributed by atoms with van der Waals surface area (Å²) in [6.45, 7) is 15.7. The van der Waals surface area contributed by atoms with E-state index in [1.165, 1.54) is 19.3 Å². The van der Waals surface area contributed by atoms with Gasteiger partial charge in [-0.2, -0.15) is 0 Å². The summed E-state index contributed by atoms with van der Waals surface area (Å²) >= 11 is 0. The van der Waals surface area contributed by atoms with Gasteiger partial charge in [0.25, 0.3) is 0 Å². The van der Waals surface area contributed by atoms with E-state index in [0.717, 1.165) is 6.42 Å². The third-order valence-corrected chi connectivity index (χ3v) is 3.61. The van der Waals surface area contributed by atoms with Crippen LogP contribution in [0.1, 0.15) is 60.3 Å². The molecule has 0 aromatic rings. The van der Waals surface area contributed by atoms with Crippen LogP contribution in [-0.4, -0.2) is 0 Å². The van der Waals surface area contributed by atoms with Crippen LogP contribution in [0.2, 0.25) is 0 Å². The molecular formula is C12H25. The second-order valence-electron chi connectivity index (χ2n) is 5.12. The molecular weight excluding hydrogens is 144 g/mol. The van der Waals surface area contributed by atoms with E-state index in [0.29, 0.717) is 10.8 Å². The lowest BCUT2D eigenvalue weighted by molar-refractivity contribution is 0.0978. The molecule has 73 valence electrons. The number of hydrogen-bond acceptors (Lipinski definition) is 0. The number of hydrogen-bond donors (Lipinski definition) is 0. The molecule has 0 amide bonds. The van der Waals surface area contributed by atoms with Crippen LogP contribution >= 0.6 is 0 Å². The fourth-order valence-corrected chi connectivity index (χ4v) is 1.30. The smallest absolute Gasteiger partial charge is 0.0303 e. The summed E-state index contributed by atoms with van der Waals surface area (Å²) < 4.78 is 0. The van der Waals surface area contributed by atoms with E-state index < -0.39 is 0 Å². The number of unbranched alkanes of at least 4 members (excludes halogenated alkanes) is 1. The zero-order valence-corrected chi connectivity index (χ0v) is 9.54. The first kappa shape index (κ1) is 12.0. The maximum absolute atomic E-state index is 4.03. The van der Waals surface area contributed by atoms with E-state index in [1.54, 1.807) is 0 Å². The lowest BCUT2D eigenvalue weighted by atomic mass is 9.64. The van der Waals surface area contributed by atoms with Crippen molar-refractivity contribution in [2.24, 2.45) is 10.8 Å². The van der Waals surface area contributed by atoms with Gasteiger partial charge < -0.3 is 0 Å². The van der Waals surface area contributed by atoms with Gasteiger partial charge in [0.1, 0.15) is 0 Å². The number of rotatable bonds is 5. The van der Waals surface area contributed by atoms with Crippen molar-refractivity contribution in [1.82, 2.24) is 0 Å². The summed E-state index contributed by atoms with van der Waals surface area (Å²) in [4.78, 5) is 0. The van der Waals surface area contributed by atoms with Crippen LogP contribution in [0.5, 0.6) is 0 Å². The van der Waals surface area contributed by atoms with Gasteiger partial charge in [-0.25, -0.2) is 0 Å². The molecule has 0 saturated carbocycles. The molecule has 0 rings (SSSR count). The molecule has 0 aliphatic heterocycles. The summed E-state index contributed by atoms with van der Waals surface area (Å²) in [6, 6.07) is 0. The Bertz CT molecular complexity index is 120. The van der Waals surface area contributed by atoms with E-state index in [9.17, 15) is 0 Å². The highest BCUT2D eigenvalue weighted by atomic mass is 14.4. The zero-order valence-electron chi connectivity index (χ0n) is 9.54. The fraction of sp³-hybridized carbons (Fsp3) is 0.917. The highest BCUT2D eigenvalue weighted by Crippen LogP contribution is 2.44. The summed E-state index contributed by atoms with van der Waals surface area (Å²) in [5.41, 5.74) is 0.812. The van der Waals surface area contributed by atoms with Gasteiger partial charge in [0.15, 0.2) is 0 Å². The average molecular weight is 169 g/mol. The summed E-state index contributed by atoms with van der Waals surface area (Å²) in [6.07, 6.45) is 5.00. The van der Waals surface area contributed by atoms with Crippen molar-refractivity contribution in [1.29, 1.82) is 0 Å². The Kier molecular flexibility index (Phi) is 4.30. The van der Waals surface area contributed by atoms with Crippen LogP contribution in [0.25, 0.3) is 0 Å². The van der Waals surface area contributed by atoms with Crippen molar-refractivity contribution in [3.05, 3.63) is 6.92 Å². The lowest BCUT2D eigenvalue weighted by Gasteiger charge is -2.41. The van der Waals surface area contributed by atoms with Gasteiger partial charge in [0, 0.05) is 0 Å². The van der Waals surface area contributed by atoms with Crippen molar-refractivity contribution < 1.29 is 0 Å². The molecule has 0 aliphatic carbocycles. The van der Waals surface area contributed by atoms with Gasteiger partial charge >= 0.3 is 0 Å². The topological polar surface area (TPSA) is 0 Å². The van der Waals surface area contributed by atoms with E-state index in [2.05, 4.69) is 41.5 Å². The minimum atomic E-state index is 0.377. The molecule has 0 N–H and O–H groups in total. The Morgan fingerprint density at radius 3 is 1.83 bits per heavy atom. The monoisotopic (exact) mass is 169 g/mol. The Morgan fingerprint density at radius 1 is 1.00 bits per heavy atom. The van der Waals surface area contributed by atoms with Crippen LogP contribution < -0.4 is 0 Å². The molecule has 0 nitrogen and oxygen atoms in total. The van der Waals surface area contributed by atoms with E-state index in [4.69, 9.17) is 0 Å². The minimum absolute atomic E-state index is 0.377. The van der Waals surface area contributed by atoms with Crippen molar-refractivity contribution in [2.75, 3.05) is 0 Å². The molecule has 0 heterocycles. The van der Waals surface area contributed by atoms with Crippen LogP contribution in [0.4, 0.5) is 0 Å². The Hall–Kier alpha value is 0. The van der Waals surface area contributed by atoms with E-state index in [-0.39, 0.29) is 0 Å². The Morgan fingerprint density at radius 2 is 1.50 bits per heavy atom. The summed E-state index contributed by atoms with van der Waals surface area (Å²) in [7, 11) is 0. The third-order valence-electron chi connectivity index (χ3n) is 3.61. The molecule has 0 unspecified atom stereocenters. The van der Waals surface area contributed by atoms with Crippen LogP contribution in [0.3, 0.4) is 0 Å². The average Bonchev–Trinajstić information content (AvgIpc) is 2.00. The molecule has 0 fully saturated rings. The molecule has 0 aromatic heterocycles. The van der Waals surface area contributed by atoms with Gasteiger partial charge in [0.2, 0.25) is 0 Å². The van der Waals surface area contributed by atoms with Gasteiger partial charge in [-0.15, -0.1) is 0 Å². The van der Waals surface area contributed by atoms with Crippen molar-refractivity contribution >= 4 is 0 Å². The Balaban J connectivity index is 4.17. The molecule has 12 heavy (non-hydrogen) atoms. The lowest BCUT2D eigenvalue weighted by Crippen LogP contribution is -2.31. The molecule has 0 heteroatoms. The zero-order chi connectivity index (χ0) is 9.83. The molecule has 0 aliphatic rings. The predicted octanol–water partition coefficient (Wildman–Crippen LogP) is 4.45. The highest BCUT2D eigenvalue weighted by Gasteiger charge is 2.34. The van der Waals surface area contributed by atoms with Crippen LogP contribution in [0, 0.1) is 17.8 Å². The quantitative estimate of drug-likeness (QED) is 0.570. The van der Waals surface area contributed by atoms with Crippen LogP contribution in [-0.2, 0) is 0 Å². The second-order valence-corrected chi connectivity index (χ2v) is 5.12. The SMILES string of the molecule is [CH2]CC(C)(C)C(C)(C)CCCC. The molecule has 1 radical (unpaired) electrons. The maximum atomic E-state index is 4.03. The largest absolute Gasteiger partial charge is 0.0654 e. The molecule has 0 aromatic carbocycles. The first-order valence-corrected chi connectivity index (χ1v) is 5.16. The first-order valence-electron chi connectivity index (χ1n) is 5.16. The summed E-state index contributed by atoms with van der Waals surface area (Å²) in [5.74, 6) is 0. The summed E-state index contributed by atoms with van der Waals surface area (Å²) in [5, 5.41) is 0. The van der Waals surface area contributed by atoms with Crippen LogP contribution in [0.15, 0.2) is 0 Å². The highest BCUT2D eigenvalue weighted by molar-refractivity contribution is 4.86. The maximum Gasteiger partial charge on any atom is -0.0303 e. The van der Waals surface area contributed by atoms with Gasteiger partial charge in [-0.1, -0.05) is 54.4 Å². The van der Waals surface area contributed by atoms with E-state index in [1.807, 2.05) is 0 Å². The molecule has 0 bridgehead atoms. The van der Waals surface area contributed by atoms with Crippen molar-refractivity contribution in [3.63, 3.8) is 0 Å². The van der Waals surface area contributed by atoms with Crippen molar-refractivity contribution in [2.45, 2.75) is 60.3 Å². The van der Waals surface area contributed by atoms with Gasteiger partial charge in [0.05, 0.1) is 0 Å². The van der Waals surface area contributed by atoms with Gasteiger partial charge in [-0.05, 0) is 23.7 Å². The molecule has 0 saturated heterocycles.